The molecule has 36 heavy (non-hydrogen) atoms. The van der Waals surface area contributed by atoms with E-state index in [-0.39, 0.29) is 18.7 Å². The zero-order valence-electron chi connectivity index (χ0n) is 20.0. The molecule has 0 fully saturated rings. The highest BCUT2D eigenvalue weighted by Crippen LogP contribution is 2.32. The molecule has 9 nitrogen and oxygen atoms in total. The highest BCUT2D eigenvalue weighted by atomic mass is 35.5. The van der Waals surface area contributed by atoms with Crippen molar-refractivity contribution in [3.8, 4) is 5.75 Å². The van der Waals surface area contributed by atoms with E-state index in [2.05, 4.69) is 5.32 Å². The fourth-order valence-electron chi connectivity index (χ4n) is 3.99. The topological polar surface area (TPSA) is 111 Å². The summed E-state index contributed by atoms with van der Waals surface area (Å²) < 4.78 is 40.5. The first-order valence-corrected chi connectivity index (χ1v) is 13.0. The van der Waals surface area contributed by atoms with Crippen molar-refractivity contribution in [2.75, 3.05) is 18.0 Å². The number of nitrogens with one attached hydrogen (secondary N) is 1. The van der Waals surface area contributed by atoms with Gasteiger partial charge in [-0.1, -0.05) is 35.9 Å². The average molecular weight is 532 g/mol. The first-order valence-electron chi connectivity index (χ1n) is 11.1. The second-order valence-electron chi connectivity index (χ2n) is 8.40. The summed E-state index contributed by atoms with van der Waals surface area (Å²) in [7, 11) is -0.989. The third-order valence-electron chi connectivity index (χ3n) is 6.12. The largest absolute Gasteiger partial charge is 0.497 e. The van der Waals surface area contributed by atoms with Gasteiger partial charge in [0, 0.05) is 25.0 Å². The monoisotopic (exact) mass is 531 g/mol. The molecule has 1 N–H and O–H groups in total. The van der Waals surface area contributed by atoms with Crippen LogP contribution in [0, 0.1) is 6.92 Å². The molecule has 1 heterocycles. The molecule has 3 aromatic rings. The molecule has 0 saturated heterocycles. The molecular weight excluding hydrogens is 506 g/mol. The van der Waals surface area contributed by atoms with Crippen LogP contribution in [-0.4, -0.2) is 37.8 Å². The summed E-state index contributed by atoms with van der Waals surface area (Å²) >= 11 is 6.28. The van der Waals surface area contributed by atoms with Gasteiger partial charge in [0.2, 0.25) is 15.9 Å². The van der Waals surface area contributed by atoms with Crippen molar-refractivity contribution in [3.05, 3.63) is 86.7 Å². The Labute approximate surface area is 214 Å². The van der Waals surface area contributed by atoms with Gasteiger partial charge in [-0.3, -0.25) is 13.7 Å². The van der Waals surface area contributed by atoms with Crippen LogP contribution in [0.3, 0.4) is 0 Å². The number of methoxy groups -OCH3 is 1. The van der Waals surface area contributed by atoms with Crippen LogP contribution in [0.4, 0.5) is 5.69 Å². The summed E-state index contributed by atoms with van der Waals surface area (Å²) in [5, 5.41) is 2.11. The Morgan fingerprint density at radius 3 is 2.67 bits per heavy atom. The lowest BCUT2D eigenvalue weighted by Crippen LogP contribution is -2.45. The summed E-state index contributed by atoms with van der Waals surface area (Å²) in [6.07, 6.45) is 3.03. The Morgan fingerprint density at radius 1 is 1.25 bits per heavy atom. The SMILES string of the molecule is COc1ccc(CNC(=O)CN(c2cccc(Cl)c2C)S(=O)(=O)C2C=Cc3c(oc(=O)n3C)C2)cc1. The van der Waals surface area contributed by atoms with E-state index in [0.717, 1.165) is 9.87 Å². The molecule has 0 aliphatic heterocycles. The Balaban J connectivity index is 1.60. The Bertz CT molecular complexity index is 1470. The van der Waals surface area contributed by atoms with Crippen molar-refractivity contribution in [2.45, 2.75) is 25.1 Å². The van der Waals surface area contributed by atoms with Crippen LogP contribution in [0.15, 0.2) is 57.8 Å². The molecular formula is C25H26ClN3O6S. The number of anilines is 1. The smallest absolute Gasteiger partial charge is 0.419 e. The van der Waals surface area contributed by atoms with Crippen LogP contribution in [0.2, 0.25) is 5.02 Å². The van der Waals surface area contributed by atoms with Gasteiger partial charge in [0.05, 0.1) is 18.5 Å². The number of fused-ring (bicyclic) bond motifs is 1. The maximum absolute atomic E-state index is 13.8. The number of aromatic nitrogens is 1. The van der Waals surface area contributed by atoms with Crippen LogP contribution in [0.1, 0.15) is 22.6 Å². The van der Waals surface area contributed by atoms with E-state index in [1.54, 1.807) is 57.5 Å². The van der Waals surface area contributed by atoms with E-state index in [4.69, 9.17) is 20.8 Å². The Hall–Kier alpha value is -3.50. The van der Waals surface area contributed by atoms with Crippen molar-refractivity contribution < 1.29 is 22.4 Å². The molecule has 1 aliphatic carbocycles. The minimum absolute atomic E-state index is 0.0339. The lowest BCUT2D eigenvalue weighted by molar-refractivity contribution is -0.119. The van der Waals surface area contributed by atoms with Crippen LogP contribution in [0.5, 0.6) is 5.75 Å². The number of hydrogen-bond acceptors (Lipinski definition) is 6. The zero-order valence-corrected chi connectivity index (χ0v) is 21.6. The zero-order chi connectivity index (χ0) is 26.0. The number of hydrogen-bond donors (Lipinski definition) is 1. The van der Waals surface area contributed by atoms with E-state index >= 15 is 0 Å². The van der Waals surface area contributed by atoms with Crippen LogP contribution >= 0.6 is 11.6 Å². The summed E-state index contributed by atoms with van der Waals surface area (Å²) in [5.41, 5.74) is 2.18. The maximum Gasteiger partial charge on any atom is 0.419 e. The van der Waals surface area contributed by atoms with Gasteiger partial charge in [-0.15, -0.1) is 0 Å². The van der Waals surface area contributed by atoms with Crippen LogP contribution < -0.4 is 20.1 Å². The number of carbonyl (C=O) groups excluding carboxylic acids is 1. The predicted octanol–water partition coefficient (Wildman–Crippen LogP) is 3.04. The lowest BCUT2D eigenvalue weighted by Gasteiger charge is -2.29. The van der Waals surface area contributed by atoms with Crippen LogP contribution in [0.25, 0.3) is 6.08 Å². The Kier molecular flexibility index (Phi) is 7.28. The maximum atomic E-state index is 13.8. The number of ether oxygens (including phenoxy) is 1. The van der Waals surface area contributed by atoms with Gasteiger partial charge in [0.15, 0.2) is 0 Å². The van der Waals surface area contributed by atoms with Crippen molar-refractivity contribution in [1.29, 1.82) is 0 Å². The third kappa shape index (κ3) is 5.05. The number of nitrogens with zero attached hydrogens (tertiary/aromatic N) is 2. The number of sulfonamides is 1. The van der Waals surface area contributed by atoms with E-state index in [0.29, 0.717) is 27.7 Å². The number of oxazole rings is 1. The minimum atomic E-state index is -4.11. The molecule has 1 atom stereocenters. The number of benzene rings is 2. The predicted molar refractivity (Wildman–Crippen MR) is 138 cm³/mol. The molecule has 11 heteroatoms. The molecule has 0 saturated carbocycles. The highest BCUT2D eigenvalue weighted by molar-refractivity contribution is 7.93. The van der Waals surface area contributed by atoms with Crippen molar-refractivity contribution in [1.82, 2.24) is 9.88 Å². The third-order valence-corrected chi connectivity index (χ3v) is 8.56. The van der Waals surface area contributed by atoms with Gasteiger partial charge >= 0.3 is 5.76 Å². The van der Waals surface area contributed by atoms with Gasteiger partial charge in [0.1, 0.15) is 23.3 Å². The molecule has 0 radical (unpaired) electrons. The lowest BCUT2D eigenvalue weighted by atomic mass is 10.1. The summed E-state index contributed by atoms with van der Waals surface area (Å²) in [4.78, 5) is 24.8. The Morgan fingerprint density at radius 2 is 1.97 bits per heavy atom. The molecule has 1 aromatic heterocycles. The number of amides is 1. The first kappa shape index (κ1) is 25.6. The first-order chi connectivity index (χ1) is 17.1. The van der Waals surface area contributed by atoms with Gasteiger partial charge in [-0.25, -0.2) is 13.2 Å². The second-order valence-corrected chi connectivity index (χ2v) is 10.9. The van der Waals surface area contributed by atoms with Gasteiger partial charge in [-0.2, -0.15) is 0 Å². The van der Waals surface area contributed by atoms with Crippen LogP contribution in [-0.2, 0) is 34.8 Å². The van der Waals surface area contributed by atoms with Gasteiger partial charge in [-0.05, 0) is 48.4 Å². The quantitative estimate of drug-likeness (QED) is 0.478. The summed E-state index contributed by atoms with van der Waals surface area (Å²) in [6, 6.07) is 12.1. The fraction of sp³-hybridized carbons (Fsp3) is 0.280. The van der Waals surface area contributed by atoms with E-state index < -0.39 is 33.5 Å². The van der Waals surface area contributed by atoms with Gasteiger partial charge in [0.25, 0.3) is 0 Å². The molecule has 0 bridgehead atoms. The molecule has 1 unspecified atom stereocenters. The van der Waals surface area contributed by atoms with E-state index in [1.807, 2.05) is 12.1 Å². The molecule has 0 spiro atoms. The number of rotatable bonds is 8. The van der Waals surface area contributed by atoms with Crippen molar-refractivity contribution in [2.24, 2.45) is 7.05 Å². The normalized spacial score (nSPS) is 14.8. The molecule has 1 amide bonds. The molecule has 1 aliphatic rings. The van der Waals surface area contributed by atoms with Crippen molar-refractivity contribution in [3.63, 3.8) is 0 Å². The standard InChI is InChI=1S/C25H26ClN3O6S/c1-16-20(26)5-4-6-21(16)29(15-24(30)27-14-17-7-9-18(34-3)10-8-17)36(32,33)19-11-12-22-23(13-19)35-25(31)28(22)2/h4-12,19H,13-15H2,1-3H3,(H,27,30). The molecule has 2 aromatic carbocycles. The average Bonchev–Trinajstić information content (AvgIpc) is 3.16. The molecule has 4 rings (SSSR count). The summed E-state index contributed by atoms with van der Waals surface area (Å²) in [6.45, 7) is 1.46. The van der Waals surface area contributed by atoms with Crippen molar-refractivity contribution >= 4 is 39.3 Å². The van der Waals surface area contributed by atoms with E-state index in [1.165, 1.54) is 10.6 Å². The minimum Gasteiger partial charge on any atom is -0.497 e. The second kappa shape index (κ2) is 10.2. The molecule has 190 valence electrons. The number of carbonyl (C=O) groups is 1. The van der Waals surface area contributed by atoms with Gasteiger partial charge < -0.3 is 14.5 Å². The fourth-order valence-corrected chi connectivity index (χ4v) is 5.89. The summed E-state index contributed by atoms with van der Waals surface area (Å²) in [5.74, 6) is -0.0781. The van der Waals surface area contributed by atoms with E-state index in [9.17, 15) is 18.0 Å². The highest BCUT2D eigenvalue weighted by Gasteiger charge is 2.36. The number of halogens is 1.